The average molecular weight is 266 g/mol. The van der Waals surface area contributed by atoms with Gasteiger partial charge in [0.25, 0.3) is 0 Å². The molecule has 0 bridgehead atoms. The number of hydrogen-bond acceptors (Lipinski definition) is 5. The first-order chi connectivity index (χ1) is 8.67. The van der Waals surface area contributed by atoms with Gasteiger partial charge in [-0.25, -0.2) is 0 Å². The number of carbonyl (C=O) groups is 1. The highest BCUT2D eigenvalue weighted by molar-refractivity contribution is 7.14. The molecule has 0 N–H and O–H groups in total. The third-order valence-corrected chi connectivity index (χ3v) is 3.58. The summed E-state index contributed by atoms with van der Waals surface area (Å²) >= 11 is 1.51. The normalized spacial score (nSPS) is 10.6. The molecule has 1 rings (SSSR count). The summed E-state index contributed by atoms with van der Waals surface area (Å²) in [4.78, 5) is 15.9. The summed E-state index contributed by atoms with van der Waals surface area (Å²) in [5.41, 5.74) is 0. The van der Waals surface area contributed by atoms with Gasteiger partial charge >= 0.3 is 0 Å². The summed E-state index contributed by atoms with van der Waals surface area (Å²) in [7, 11) is 1.63. The summed E-state index contributed by atoms with van der Waals surface area (Å²) in [6.07, 6.45) is 0.431. The monoisotopic (exact) mass is 266 g/mol. The van der Waals surface area contributed by atoms with E-state index in [0.717, 1.165) is 9.75 Å². The van der Waals surface area contributed by atoms with Gasteiger partial charge in [-0.15, -0.1) is 11.3 Å². The van der Waals surface area contributed by atoms with E-state index in [1.54, 1.807) is 7.11 Å². The number of nitriles is 1. The Balaban J connectivity index is 2.53. The Bertz CT molecular complexity index is 423. The number of aryl methyl sites for hydroxylation is 1. The quantitative estimate of drug-likeness (QED) is 0.676. The lowest BCUT2D eigenvalue weighted by Crippen LogP contribution is -2.33. The Kier molecular flexibility index (Phi) is 6.58. The van der Waals surface area contributed by atoms with Crippen molar-refractivity contribution in [1.29, 1.82) is 5.26 Å². The number of thiophene rings is 1. The zero-order valence-electron chi connectivity index (χ0n) is 10.8. The molecule has 0 saturated heterocycles. The number of nitrogens with zero attached hydrogens (tertiary/aromatic N) is 2. The molecule has 0 spiro atoms. The van der Waals surface area contributed by atoms with E-state index in [-0.39, 0.29) is 5.78 Å². The van der Waals surface area contributed by atoms with Crippen LogP contribution in [0.1, 0.15) is 21.0 Å². The summed E-state index contributed by atoms with van der Waals surface area (Å²) < 4.78 is 5.01. The van der Waals surface area contributed by atoms with Crippen LogP contribution in [0, 0.1) is 18.3 Å². The van der Waals surface area contributed by atoms with Gasteiger partial charge in [-0.3, -0.25) is 9.69 Å². The van der Waals surface area contributed by atoms with Gasteiger partial charge in [0.2, 0.25) is 0 Å². The molecule has 0 aliphatic heterocycles. The van der Waals surface area contributed by atoms with E-state index in [0.29, 0.717) is 32.7 Å². The van der Waals surface area contributed by atoms with Crippen LogP contribution < -0.4 is 0 Å². The molecule has 1 heterocycles. The van der Waals surface area contributed by atoms with Gasteiger partial charge in [0.1, 0.15) is 0 Å². The van der Waals surface area contributed by atoms with Crippen molar-refractivity contribution in [1.82, 2.24) is 4.90 Å². The molecule has 0 aliphatic carbocycles. The minimum Gasteiger partial charge on any atom is -0.383 e. The minimum absolute atomic E-state index is 0.113. The summed E-state index contributed by atoms with van der Waals surface area (Å²) in [5.74, 6) is 0.113. The number of Topliss-reactive ketones (excluding diaryl/α,β-unsaturated/α-hetero) is 1. The topological polar surface area (TPSA) is 53.3 Å². The van der Waals surface area contributed by atoms with Crippen LogP contribution in [0.3, 0.4) is 0 Å². The molecule has 0 aromatic carbocycles. The first-order valence-corrected chi connectivity index (χ1v) is 6.67. The lowest BCUT2D eigenvalue weighted by Gasteiger charge is -2.19. The Morgan fingerprint density at radius 2 is 2.28 bits per heavy atom. The summed E-state index contributed by atoms with van der Waals surface area (Å²) in [5, 5.41) is 8.60. The van der Waals surface area contributed by atoms with Crippen LogP contribution in [0.2, 0.25) is 0 Å². The fraction of sp³-hybridized carbons (Fsp3) is 0.538. The highest BCUT2D eigenvalue weighted by Crippen LogP contribution is 2.16. The van der Waals surface area contributed by atoms with Gasteiger partial charge in [0.15, 0.2) is 5.78 Å². The first kappa shape index (κ1) is 14.8. The van der Waals surface area contributed by atoms with Gasteiger partial charge in [0.05, 0.1) is 24.1 Å². The number of ketones is 1. The molecule has 0 fully saturated rings. The fourth-order valence-corrected chi connectivity index (χ4v) is 2.36. The fourth-order valence-electron chi connectivity index (χ4n) is 1.56. The summed E-state index contributed by atoms with van der Waals surface area (Å²) in [6.45, 7) is 4.19. The number of ether oxygens (including phenoxy) is 1. The molecule has 0 atom stereocenters. The second-order valence-corrected chi connectivity index (χ2v) is 5.30. The standard InChI is InChI=1S/C13H18N2O2S/c1-11-4-5-13(18-11)12(16)10-15(7-3-6-14)8-9-17-2/h4-5H,3,7-10H2,1-2H3. The first-order valence-electron chi connectivity index (χ1n) is 5.85. The molecule has 0 aliphatic rings. The predicted octanol–water partition coefficient (Wildman–Crippen LogP) is 2.10. The number of hydrogen-bond donors (Lipinski definition) is 0. The van der Waals surface area contributed by atoms with Gasteiger partial charge < -0.3 is 4.74 Å². The molecule has 5 heteroatoms. The lowest BCUT2D eigenvalue weighted by molar-refractivity contribution is 0.0902. The Morgan fingerprint density at radius 1 is 1.50 bits per heavy atom. The van der Waals surface area contributed by atoms with Gasteiger partial charge in [-0.2, -0.15) is 5.26 Å². The van der Waals surface area contributed by atoms with E-state index in [1.807, 2.05) is 24.0 Å². The van der Waals surface area contributed by atoms with E-state index in [4.69, 9.17) is 10.00 Å². The maximum absolute atomic E-state index is 12.0. The summed E-state index contributed by atoms with van der Waals surface area (Å²) in [6, 6.07) is 5.91. The molecule has 98 valence electrons. The van der Waals surface area contributed by atoms with Crippen molar-refractivity contribution in [2.75, 3.05) is 33.4 Å². The molecule has 18 heavy (non-hydrogen) atoms. The van der Waals surface area contributed by atoms with Crippen molar-refractivity contribution in [3.05, 3.63) is 21.9 Å². The number of carbonyl (C=O) groups excluding carboxylic acids is 1. The average Bonchev–Trinajstić information content (AvgIpc) is 2.79. The van der Waals surface area contributed by atoms with Gasteiger partial charge in [-0.1, -0.05) is 0 Å². The third-order valence-electron chi connectivity index (χ3n) is 2.53. The highest BCUT2D eigenvalue weighted by atomic mass is 32.1. The van der Waals surface area contributed by atoms with Crippen molar-refractivity contribution < 1.29 is 9.53 Å². The van der Waals surface area contributed by atoms with E-state index in [9.17, 15) is 4.79 Å². The highest BCUT2D eigenvalue weighted by Gasteiger charge is 2.13. The molecule has 0 unspecified atom stereocenters. The van der Waals surface area contributed by atoms with Crippen LogP contribution in [-0.4, -0.2) is 44.0 Å². The number of rotatable bonds is 8. The third kappa shape index (κ3) is 4.96. The molecule has 0 amide bonds. The Labute approximate surface area is 112 Å². The van der Waals surface area contributed by atoms with Crippen molar-refractivity contribution in [2.45, 2.75) is 13.3 Å². The van der Waals surface area contributed by atoms with Gasteiger partial charge in [-0.05, 0) is 19.1 Å². The van der Waals surface area contributed by atoms with Crippen LogP contribution in [0.5, 0.6) is 0 Å². The van der Waals surface area contributed by atoms with E-state index < -0.39 is 0 Å². The molecule has 0 saturated carbocycles. The zero-order valence-corrected chi connectivity index (χ0v) is 11.6. The molecule has 1 aromatic rings. The van der Waals surface area contributed by atoms with E-state index in [1.165, 1.54) is 11.3 Å². The largest absolute Gasteiger partial charge is 0.383 e. The SMILES string of the molecule is COCCN(CCC#N)CC(=O)c1ccc(C)s1. The van der Waals surface area contributed by atoms with Crippen LogP contribution in [0.25, 0.3) is 0 Å². The minimum atomic E-state index is 0.113. The number of methoxy groups -OCH3 is 1. The van der Waals surface area contributed by atoms with Crippen LogP contribution in [-0.2, 0) is 4.74 Å². The maximum Gasteiger partial charge on any atom is 0.186 e. The molecule has 1 aromatic heterocycles. The van der Waals surface area contributed by atoms with E-state index >= 15 is 0 Å². The second kappa shape index (κ2) is 7.98. The maximum atomic E-state index is 12.0. The van der Waals surface area contributed by atoms with Crippen LogP contribution in [0.15, 0.2) is 12.1 Å². The lowest BCUT2D eigenvalue weighted by atomic mass is 10.3. The molecular formula is C13H18N2O2S. The smallest absolute Gasteiger partial charge is 0.186 e. The van der Waals surface area contributed by atoms with Crippen molar-refractivity contribution in [3.8, 4) is 6.07 Å². The van der Waals surface area contributed by atoms with Crippen molar-refractivity contribution in [2.24, 2.45) is 0 Å². The van der Waals surface area contributed by atoms with Crippen molar-refractivity contribution in [3.63, 3.8) is 0 Å². The van der Waals surface area contributed by atoms with E-state index in [2.05, 4.69) is 6.07 Å². The molecule has 0 radical (unpaired) electrons. The Morgan fingerprint density at radius 3 is 2.83 bits per heavy atom. The Hall–Kier alpha value is -1.22. The van der Waals surface area contributed by atoms with Crippen molar-refractivity contribution >= 4 is 17.1 Å². The zero-order chi connectivity index (χ0) is 13.4. The van der Waals surface area contributed by atoms with Crippen LogP contribution >= 0.6 is 11.3 Å². The molecule has 4 nitrogen and oxygen atoms in total. The van der Waals surface area contributed by atoms with Gasteiger partial charge in [0, 0.05) is 31.5 Å². The molecular weight excluding hydrogens is 248 g/mol. The second-order valence-electron chi connectivity index (χ2n) is 4.01. The van der Waals surface area contributed by atoms with Crippen LogP contribution in [0.4, 0.5) is 0 Å². The predicted molar refractivity (Wildman–Crippen MR) is 71.9 cm³/mol.